The van der Waals surface area contributed by atoms with Crippen molar-refractivity contribution in [3.8, 4) is 5.75 Å². The Kier molecular flexibility index (Phi) is 6.65. The lowest BCUT2D eigenvalue weighted by Gasteiger charge is -2.39. The maximum absolute atomic E-state index is 13.4. The lowest BCUT2D eigenvalue weighted by molar-refractivity contribution is -0.270. The molecule has 4 nitrogen and oxygen atoms in total. The second-order valence-corrected chi connectivity index (χ2v) is 14.0. The second-order valence-electron chi connectivity index (χ2n) is 7.81. The van der Waals surface area contributed by atoms with E-state index in [9.17, 15) is 21.6 Å². The van der Waals surface area contributed by atoms with Crippen LogP contribution in [0, 0.1) is 0 Å². The van der Waals surface area contributed by atoms with Gasteiger partial charge >= 0.3 is 15.5 Å². The number of alkyl halides is 3. The van der Waals surface area contributed by atoms with Gasteiger partial charge in [-0.1, -0.05) is 36.4 Å². The Morgan fingerprint density at radius 1 is 0.656 bits per heavy atom. The molecule has 0 amide bonds. The van der Waals surface area contributed by atoms with Crippen LogP contribution in [0.5, 0.6) is 5.75 Å². The minimum Gasteiger partial charge on any atom is -0.488 e. The van der Waals surface area contributed by atoms with Gasteiger partial charge in [0, 0.05) is 14.7 Å². The largest absolute Gasteiger partial charge is 0.537 e. The third-order valence-electron chi connectivity index (χ3n) is 4.23. The van der Waals surface area contributed by atoms with Crippen molar-refractivity contribution in [3.05, 3.63) is 84.9 Å². The quantitative estimate of drug-likeness (QED) is 0.356. The molecule has 32 heavy (non-hydrogen) atoms. The average Bonchev–Trinajstić information content (AvgIpc) is 2.68. The predicted octanol–water partition coefficient (Wildman–Crippen LogP) is 6.93. The van der Waals surface area contributed by atoms with Gasteiger partial charge in [0.2, 0.25) is 0 Å². The molecule has 0 heterocycles. The van der Waals surface area contributed by atoms with Crippen LogP contribution in [0.1, 0.15) is 20.8 Å². The maximum Gasteiger partial charge on any atom is 0.537 e. The van der Waals surface area contributed by atoms with Crippen LogP contribution in [0.4, 0.5) is 13.2 Å². The molecule has 9 heteroatoms. The van der Waals surface area contributed by atoms with E-state index in [4.69, 9.17) is 4.74 Å². The summed E-state index contributed by atoms with van der Waals surface area (Å²) >= 11 is 0. The Labute approximate surface area is 186 Å². The number of hydrogen-bond acceptors (Lipinski definition) is 4. The van der Waals surface area contributed by atoms with Crippen molar-refractivity contribution in [2.75, 3.05) is 0 Å². The van der Waals surface area contributed by atoms with Gasteiger partial charge in [-0.3, -0.25) is 0 Å². The standard InChI is InChI=1S/C23H23F3O4S2/c1-22(2,3)29-18-14-16-21(17-15-18)31(19-10-6-4-7-11-19,20-12-8-5-9-13-20)32(27,28)30-23(24,25)26/h4-17H,1-3H3. The highest BCUT2D eigenvalue weighted by Gasteiger charge is 2.50. The zero-order chi connectivity index (χ0) is 23.6. The Morgan fingerprint density at radius 3 is 1.44 bits per heavy atom. The summed E-state index contributed by atoms with van der Waals surface area (Å²) in [5.74, 6) is 0.463. The van der Waals surface area contributed by atoms with Gasteiger partial charge in [0.05, 0.1) is 0 Å². The summed E-state index contributed by atoms with van der Waals surface area (Å²) in [4.78, 5) is 0.556. The number of ether oxygens (including phenoxy) is 1. The van der Waals surface area contributed by atoms with Crippen LogP contribution in [-0.2, 0) is 13.3 Å². The summed E-state index contributed by atoms with van der Waals surface area (Å²) < 4.78 is 76.3. The molecule has 0 fully saturated rings. The first kappa shape index (κ1) is 24.2. The Morgan fingerprint density at radius 2 is 1.06 bits per heavy atom. The smallest absolute Gasteiger partial charge is 0.488 e. The molecule has 0 saturated carbocycles. The minimum atomic E-state index is -5.38. The third kappa shape index (κ3) is 5.11. The van der Waals surface area contributed by atoms with Crippen molar-refractivity contribution >= 4 is 18.2 Å². The zero-order valence-electron chi connectivity index (χ0n) is 17.7. The van der Waals surface area contributed by atoms with Gasteiger partial charge in [-0.15, -0.1) is 13.2 Å². The monoisotopic (exact) mass is 484 g/mol. The molecule has 0 saturated heterocycles. The molecule has 3 aromatic carbocycles. The molecule has 3 rings (SSSR count). The molecule has 0 aliphatic rings. The van der Waals surface area contributed by atoms with Gasteiger partial charge in [-0.2, -0.15) is 12.6 Å². The van der Waals surface area contributed by atoms with E-state index < -0.39 is 30.2 Å². The number of hydrogen-bond donors (Lipinski definition) is 0. The van der Waals surface area contributed by atoms with Gasteiger partial charge in [0.1, 0.15) is 11.4 Å². The van der Waals surface area contributed by atoms with Crippen molar-refractivity contribution in [2.24, 2.45) is 0 Å². The van der Waals surface area contributed by atoms with Gasteiger partial charge < -0.3 is 4.74 Å². The van der Waals surface area contributed by atoms with Crippen LogP contribution in [0.2, 0.25) is 0 Å². The molecule has 0 unspecified atom stereocenters. The van der Waals surface area contributed by atoms with E-state index in [0.717, 1.165) is 0 Å². The molecular formula is C23H23F3O4S2. The van der Waals surface area contributed by atoms with Crippen LogP contribution in [0.15, 0.2) is 99.6 Å². The van der Waals surface area contributed by atoms with Gasteiger partial charge in [0.25, 0.3) is 0 Å². The molecule has 0 spiro atoms. The highest BCUT2D eigenvalue weighted by molar-refractivity contribution is 8.89. The minimum absolute atomic E-state index is 0.167. The second kappa shape index (κ2) is 8.80. The van der Waals surface area contributed by atoms with Crippen molar-refractivity contribution in [1.29, 1.82) is 0 Å². The number of halogens is 3. The van der Waals surface area contributed by atoms with E-state index in [1.54, 1.807) is 48.5 Å². The number of rotatable bonds is 6. The fourth-order valence-corrected chi connectivity index (χ4v) is 10.3. The summed E-state index contributed by atoms with van der Waals surface area (Å²) in [6, 6.07) is 21.7. The van der Waals surface area contributed by atoms with Crippen molar-refractivity contribution < 1.29 is 30.5 Å². The Bertz CT molecular complexity index is 1100. The summed E-state index contributed by atoms with van der Waals surface area (Å²) in [6.07, 6.45) is -5.38. The third-order valence-corrected chi connectivity index (χ3v) is 11.8. The summed E-state index contributed by atoms with van der Waals surface area (Å²) in [5.41, 5.74) is -0.504. The van der Waals surface area contributed by atoms with Crippen LogP contribution in [0.3, 0.4) is 0 Å². The first-order valence-corrected chi connectivity index (χ1v) is 13.2. The summed E-state index contributed by atoms with van der Waals surface area (Å²) in [7, 11) is -8.76. The van der Waals surface area contributed by atoms with E-state index >= 15 is 0 Å². The highest BCUT2D eigenvalue weighted by atomic mass is 33.2. The lowest BCUT2D eigenvalue weighted by Crippen LogP contribution is -2.25. The average molecular weight is 485 g/mol. The van der Waals surface area contributed by atoms with Gasteiger partial charge in [-0.05, 0) is 78.4 Å². The molecular weight excluding hydrogens is 461 g/mol. The fraction of sp³-hybridized carbons (Fsp3) is 0.217. The summed E-state index contributed by atoms with van der Waals surface area (Å²) in [6.45, 7) is 5.56. The first-order chi connectivity index (χ1) is 14.9. The van der Waals surface area contributed by atoms with Crippen molar-refractivity contribution in [1.82, 2.24) is 0 Å². The molecule has 0 N–H and O–H groups in total. The zero-order valence-corrected chi connectivity index (χ0v) is 19.3. The predicted molar refractivity (Wildman–Crippen MR) is 118 cm³/mol. The summed E-state index contributed by atoms with van der Waals surface area (Å²) in [5, 5.41) is 0. The van der Waals surface area contributed by atoms with E-state index in [2.05, 4.69) is 4.18 Å². The van der Waals surface area contributed by atoms with Crippen molar-refractivity contribution in [3.63, 3.8) is 0 Å². The SMILES string of the molecule is CC(C)(C)Oc1ccc(S(c2ccccc2)(c2ccccc2)S(=O)(=O)OC(F)(F)F)cc1. The molecule has 0 aliphatic heterocycles. The van der Waals surface area contributed by atoms with Crippen LogP contribution in [-0.4, -0.2) is 20.4 Å². The lowest BCUT2D eigenvalue weighted by atomic mass is 10.2. The molecule has 0 radical (unpaired) electrons. The first-order valence-electron chi connectivity index (χ1n) is 9.60. The molecule has 0 bridgehead atoms. The normalized spacial score (nSPS) is 13.6. The van der Waals surface area contributed by atoms with E-state index in [0.29, 0.717) is 5.75 Å². The van der Waals surface area contributed by atoms with Gasteiger partial charge in [-0.25, -0.2) is 0 Å². The Balaban J connectivity index is 2.34. The Hall–Kier alpha value is -2.49. The maximum atomic E-state index is 13.4. The van der Waals surface area contributed by atoms with Gasteiger partial charge in [0.15, 0.2) is 0 Å². The molecule has 172 valence electrons. The molecule has 0 aliphatic carbocycles. The molecule has 0 atom stereocenters. The molecule has 0 aromatic heterocycles. The van der Waals surface area contributed by atoms with E-state index in [1.165, 1.54) is 36.4 Å². The van der Waals surface area contributed by atoms with Crippen molar-refractivity contribution in [2.45, 2.75) is 47.4 Å². The van der Waals surface area contributed by atoms with E-state index in [-0.39, 0.29) is 14.7 Å². The van der Waals surface area contributed by atoms with Crippen LogP contribution < -0.4 is 4.74 Å². The fourth-order valence-electron chi connectivity index (χ4n) is 3.21. The molecule has 3 aromatic rings. The highest BCUT2D eigenvalue weighted by Crippen LogP contribution is 2.73. The van der Waals surface area contributed by atoms with Crippen LogP contribution in [0.25, 0.3) is 0 Å². The van der Waals surface area contributed by atoms with Crippen LogP contribution >= 0.6 is 9.06 Å². The topological polar surface area (TPSA) is 52.6 Å². The van der Waals surface area contributed by atoms with E-state index in [1.807, 2.05) is 20.8 Å². The number of benzene rings is 3.